The van der Waals surface area contributed by atoms with E-state index < -0.39 is 11.0 Å². The number of rotatable bonds is 6. The molecule has 1 unspecified atom stereocenters. The average Bonchev–Trinajstić information content (AvgIpc) is 2.05. The molecule has 0 aromatic heterocycles. The van der Waals surface area contributed by atoms with Gasteiger partial charge in [-0.1, -0.05) is 31.4 Å². The van der Waals surface area contributed by atoms with Crippen molar-refractivity contribution in [2.45, 2.75) is 44.6 Å². The fourth-order valence-electron chi connectivity index (χ4n) is 0.953. The van der Waals surface area contributed by atoms with Crippen LogP contribution in [0.25, 0.3) is 0 Å². The van der Waals surface area contributed by atoms with Crippen LogP contribution < -0.4 is 0 Å². The molecule has 0 aromatic rings. The van der Waals surface area contributed by atoms with Crippen molar-refractivity contribution in [1.29, 1.82) is 0 Å². The Balaban J connectivity index is 3.83. The van der Waals surface area contributed by atoms with E-state index in [2.05, 4.69) is 4.74 Å². The lowest BCUT2D eigenvalue weighted by molar-refractivity contribution is -0.157. The van der Waals surface area contributed by atoms with Crippen LogP contribution in [0.2, 0.25) is 0 Å². The molecule has 4 heteroatoms. The number of unbranched alkanes of at least 4 members (excludes halogenated alkanes) is 2. The van der Waals surface area contributed by atoms with E-state index in [1.807, 2.05) is 6.92 Å². The lowest BCUT2D eigenvalue weighted by Crippen LogP contribution is -2.34. The molecule has 0 saturated carbocycles. The summed E-state index contributed by atoms with van der Waals surface area (Å²) in [5, 5.41) is 7.60. The van der Waals surface area contributed by atoms with E-state index in [0.29, 0.717) is 0 Å². The monoisotopic (exact) mass is 208 g/mol. The molecule has 0 radical (unpaired) electrons. The van der Waals surface area contributed by atoms with Gasteiger partial charge in [0, 0.05) is 6.42 Å². The minimum absolute atomic E-state index is 0.238. The number of ether oxygens (including phenoxy) is 1. The van der Waals surface area contributed by atoms with Gasteiger partial charge in [-0.25, -0.2) is 4.79 Å². The molecule has 0 aliphatic heterocycles. The Morgan fingerprint density at radius 3 is 2.54 bits per heavy atom. The van der Waals surface area contributed by atoms with E-state index in [1.165, 1.54) is 0 Å². The fraction of sp³-hybridized carbons (Fsp3) is 0.889. The van der Waals surface area contributed by atoms with Gasteiger partial charge in [-0.2, -0.15) is 0 Å². The van der Waals surface area contributed by atoms with Gasteiger partial charge in [-0.3, -0.25) is 0 Å². The first-order chi connectivity index (χ1) is 6.04. The zero-order valence-electron chi connectivity index (χ0n) is 8.18. The van der Waals surface area contributed by atoms with Gasteiger partial charge in [0.2, 0.25) is 5.06 Å². The molecule has 1 N–H and O–H groups in total. The maximum atomic E-state index is 11.1. The van der Waals surface area contributed by atoms with Crippen LogP contribution in [0.1, 0.15) is 39.5 Å². The lowest BCUT2D eigenvalue weighted by atomic mass is 10.1. The van der Waals surface area contributed by atoms with E-state index in [9.17, 15) is 9.90 Å². The number of esters is 1. The fourth-order valence-corrected chi connectivity index (χ4v) is 1.14. The van der Waals surface area contributed by atoms with E-state index in [1.54, 1.807) is 6.92 Å². The third-order valence-corrected chi connectivity index (χ3v) is 2.04. The lowest BCUT2D eigenvalue weighted by Gasteiger charge is -2.17. The Bertz CT molecular complexity index is 157. The largest absolute Gasteiger partial charge is 0.463 e. The third kappa shape index (κ3) is 5.11. The highest BCUT2D eigenvalue weighted by atomic mass is 35.5. The summed E-state index contributed by atoms with van der Waals surface area (Å²) in [7, 11) is 0. The molecule has 3 nitrogen and oxygen atoms in total. The number of alkyl halides is 1. The van der Waals surface area contributed by atoms with Crippen molar-refractivity contribution in [2.24, 2.45) is 0 Å². The van der Waals surface area contributed by atoms with Crippen LogP contribution in [0.5, 0.6) is 0 Å². The summed E-state index contributed by atoms with van der Waals surface area (Å²) in [5.74, 6) is -0.743. The molecule has 0 aliphatic carbocycles. The summed E-state index contributed by atoms with van der Waals surface area (Å²) >= 11 is 5.58. The van der Waals surface area contributed by atoms with Crippen LogP contribution in [0.4, 0.5) is 0 Å². The van der Waals surface area contributed by atoms with Crippen LogP contribution in [-0.2, 0) is 9.53 Å². The summed E-state index contributed by atoms with van der Waals surface area (Å²) in [6, 6.07) is 0. The van der Waals surface area contributed by atoms with Crippen LogP contribution in [0.15, 0.2) is 0 Å². The van der Waals surface area contributed by atoms with Crippen molar-refractivity contribution in [3.63, 3.8) is 0 Å². The van der Waals surface area contributed by atoms with Gasteiger partial charge < -0.3 is 9.84 Å². The van der Waals surface area contributed by atoms with Crippen molar-refractivity contribution >= 4 is 17.6 Å². The van der Waals surface area contributed by atoms with Crippen molar-refractivity contribution < 1.29 is 14.6 Å². The molecule has 0 bridgehead atoms. The van der Waals surface area contributed by atoms with Crippen LogP contribution in [0, 0.1) is 0 Å². The first-order valence-corrected chi connectivity index (χ1v) is 5.01. The van der Waals surface area contributed by atoms with Crippen molar-refractivity contribution in [3.05, 3.63) is 0 Å². The standard InChI is InChI=1S/C9H17ClO3/c1-3-5-6-7-9(10,12)8(11)13-4-2/h12H,3-7H2,1-2H3. The summed E-state index contributed by atoms with van der Waals surface area (Å²) in [6.45, 7) is 3.95. The van der Waals surface area contributed by atoms with Gasteiger partial charge in [0.25, 0.3) is 0 Å². The van der Waals surface area contributed by atoms with E-state index in [-0.39, 0.29) is 13.0 Å². The van der Waals surface area contributed by atoms with Crippen molar-refractivity contribution in [1.82, 2.24) is 0 Å². The molecule has 0 saturated heterocycles. The Morgan fingerprint density at radius 1 is 1.46 bits per heavy atom. The molecule has 0 fully saturated rings. The second-order valence-corrected chi connectivity index (χ2v) is 3.56. The van der Waals surface area contributed by atoms with Gasteiger partial charge in [0.15, 0.2) is 0 Å². The molecule has 0 amide bonds. The Labute approximate surface area is 84.0 Å². The second-order valence-electron chi connectivity index (χ2n) is 2.94. The zero-order valence-corrected chi connectivity index (χ0v) is 8.93. The highest BCUT2D eigenvalue weighted by molar-refractivity contribution is 6.32. The van der Waals surface area contributed by atoms with Crippen molar-refractivity contribution in [2.75, 3.05) is 6.61 Å². The predicted octanol–water partition coefficient (Wildman–Crippen LogP) is 2.06. The van der Waals surface area contributed by atoms with Gasteiger partial charge in [0.05, 0.1) is 6.61 Å². The summed E-state index contributed by atoms with van der Waals surface area (Å²) < 4.78 is 4.62. The SMILES string of the molecule is CCCCCC(O)(Cl)C(=O)OCC. The normalized spacial score (nSPS) is 15.1. The third-order valence-electron chi connectivity index (χ3n) is 1.70. The second kappa shape index (κ2) is 6.22. The quantitative estimate of drug-likeness (QED) is 0.413. The number of carbonyl (C=O) groups is 1. The van der Waals surface area contributed by atoms with Gasteiger partial charge in [0.1, 0.15) is 0 Å². The minimum Gasteiger partial charge on any atom is -0.463 e. The van der Waals surface area contributed by atoms with Gasteiger partial charge in [-0.15, -0.1) is 0 Å². The molecule has 1 atom stereocenters. The average molecular weight is 209 g/mol. The summed E-state index contributed by atoms with van der Waals surface area (Å²) in [6.07, 6.45) is 2.96. The summed E-state index contributed by atoms with van der Waals surface area (Å²) in [4.78, 5) is 11.1. The van der Waals surface area contributed by atoms with Crippen LogP contribution in [0.3, 0.4) is 0 Å². The molecular formula is C9H17ClO3. The molecule has 78 valence electrons. The maximum Gasteiger partial charge on any atom is 0.354 e. The first kappa shape index (κ1) is 12.7. The van der Waals surface area contributed by atoms with Crippen LogP contribution >= 0.6 is 11.6 Å². The van der Waals surface area contributed by atoms with Gasteiger partial charge >= 0.3 is 5.97 Å². The number of aliphatic hydroxyl groups is 1. The Hall–Kier alpha value is -0.280. The molecule has 0 spiro atoms. The Kier molecular flexibility index (Phi) is 6.08. The maximum absolute atomic E-state index is 11.1. The van der Waals surface area contributed by atoms with E-state index in [0.717, 1.165) is 19.3 Å². The van der Waals surface area contributed by atoms with Crippen molar-refractivity contribution in [3.8, 4) is 0 Å². The first-order valence-electron chi connectivity index (χ1n) is 4.63. The smallest absolute Gasteiger partial charge is 0.354 e. The molecule has 13 heavy (non-hydrogen) atoms. The van der Waals surface area contributed by atoms with E-state index in [4.69, 9.17) is 11.6 Å². The molecular weight excluding hydrogens is 192 g/mol. The molecule has 0 aromatic carbocycles. The predicted molar refractivity (Wildman–Crippen MR) is 51.6 cm³/mol. The highest BCUT2D eigenvalue weighted by Crippen LogP contribution is 2.21. The number of hydrogen-bond donors (Lipinski definition) is 1. The van der Waals surface area contributed by atoms with Crippen LogP contribution in [-0.4, -0.2) is 22.7 Å². The number of carbonyl (C=O) groups excluding carboxylic acids is 1. The number of halogens is 1. The summed E-state index contributed by atoms with van der Waals surface area (Å²) in [5.41, 5.74) is 0. The molecule has 0 rings (SSSR count). The minimum atomic E-state index is -1.83. The highest BCUT2D eigenvalue weighted by Gasteiger charge is 2.34. The topological polar surface area (TPSA) is 46.5 Å². The van der Waals surface area contributed by atoms with Gasteiger partial charge in [-0.05, 0) is 13.3 Å². The molecule has 0 heterocycles. The van der Waals surface area contributed by atoms with E-state index >= 15 is 0 Å². The zero-order chi connectivity index (χ0) is 10.3. The Morgan fingerprint density at radius 2 is 2.08 bits per heavy atom. The number of hydrogen-bond acceptors (Lipinski definition) is 3. The molecule has 0 aliphatic rings.